The summed E-state index contributed by atoms with van der Waals surface area (Å²) < 4.78 is 25.0. The van der Waals surface area contributed by atoms with E-state index >= 15 is 0 Å². The minimum atomic E-state index is -3.49. The Morgan fingerprint density at radius 3 is 2.33 bits per heavy atom. The van der Waals surface area contributed by atoms with E-state index in [9.17, 15) is 14.7 Å². The number of nitro benzene ring substituents is 1. The van der Waals surface area contributed by atoms with Crippen molar-refractivity contribution in [2.24, 2.45) is 0 Å². The van der Waals surface area contributed by atoms with Crippen molar-refractivity contribution in [2.45, 2.75) is 26.1 Å². The van der Waals surface area contributed by atoms with Crippen LogP contribution in [-0.4, -0.2) is 24.7 Å². The van der Waals surface area contributed by atoms with Crippen LogP contribution in [0, 0.1) is 10.1 Å². The summed E-state index contributed by atoms with van der Waals surface area (Å²) in [5, 5.41) is 11.0. The number of hydrogen-bond donors (Lipinski definition) is 0. The van der Waals surface area contributed by atoms with Gasteiger partial charge in [0.1, 0.15) is 0 Å². The van der Waals surface area contributed by atoms with Gasteiger partial charge in [0.05, 0.1) is 18.1 Å². The zero-order chi connectivity index (χ0) is 19.4. The standard InChI is InChI=1S/C19H23N2O5P/c1-3-25-27(24,26-4-2)19-18-8-6-5-7-15(18)13-14-20(19)16-9-11-17(12-10-16)21(22)23/h5-12,19H,3-4,13-14H2,1-2H3. The fraction of sp³-hybridized carbons (Fsp3) is 0.368. The topological polar surface area (TPSA) is 81.9 Å². The summed E-state index contributed by atoms with van der Waals surface area (Å²) >= 11 is 0. The Kier molecular flexibility index (Phi) is 5.95. The normalized spacial score (nSPS) is 16.8. The van der Waals surface area contributed by atoms with Crippen LogP contribution in [0.1, 0.15) is 30.8 Å². The Morgan fingerprint density at radius 2 is 1.74 bits per heavy atom. The van der Waals surface area contributed by atoms with E-state index in [2.05, 4.69) is 0 Å². The molecule has 0 spiro atoms. The minimum Gasteiger partial charge on any atom is -0.353 e. The number of non-ortho nitro benzene ring substituents is 1. The van der Waals surface area contributed by atoms with Crippen LogP contribution in [0.4, 0.5) is 11.4 Å². The number of nitro groups is 1. The molecule has 1 heterocycles. The van der Waals surface area contributed by atoms with Crippen molar-refractivity contribution in [1.29, 1.82) is 0 Å². The maximum atomic E-state index is 13.7. The Morgan fingerprint density at radius 1 is 1.11 bits per heavy atom. The van der Waals surface area contributed by atoms with Gasteiger partial charge in [0, 0.05) is 24.4 Å². The first-order chi connectivity index (χ1) is 13.0. The molecule has 0 aromatic heterocycles. The Hall–Kier alpha value is -2.21. The molecule has 8 heteroatoms. The van der Waals surface area contributed by atoms with E-state index in [1.54, 1.807) is 26.0 Å². The van der Waals surface area contributed by atoms with Crippen LogP contribution in [0.5, 0.6) is 0 Å². The van der Waals surface area contributed by atoms with Gasteiger partial charge >= 0.3 is 7.60 Å². The number of benzene rings is 2. The molecular weight excluding hydrogens is 367 g/mol. The van der Waals surface area contributed by atoms with Crippen LogP contribution in [-0.2, 0) is 20.0 Å². The summed E-state index contributed by atoms with van der Waals surface area (Å²) in [5.41, 5.74) is 2.79. The second-order valence-electron chi connectivity index (χ2n) is 6.16. The van der Waals surface area contributed by atoms with Crippen LogP contribution < -0.4 is 4.90 Å². The van der Waals surface area contributed by atoms with Gasteiger partial charge in [0.25, 0.3) is 5.69 Å². The molecule has 1 unspecified atom stereocenters. The second kappa shape index (κ2) is 8.21. The molecule has 0 radical (unpaired) electrons. The summed E-state index contributed by atoms with van der Waals surface area (Å²) in [6, 6.07) is 14.1. The van der Waals surface area contributed by atoms with E-state index in [1.807, 2.05) is 29.2 Å². The van der Waals surface area contributed by atoms with Crippen LogP contribution >= 0.6 is 7.60 Å². The lowest BCUT2D eigenvalue weighted by Gasteiger charge is -2.41. The van der Waals surface area contributed by atoms with Gasteiger partial charge in [0.2, 0.25) is 0 Å². The summed E-state index contributed by atoms with van der Waals surface area (Å²) in [4.78, 5) is 12.5. The highest BCUT2D eigenvalue weighted by molar-refractivity contribution is 7.54. The maximum Gasteiger partial charge on any atom is 0.357 e. The lowest BCUT2D eigenvalue weighted by Crippen LogP contribution is -2.36. The number of fused-ring (bicyclic) bond motifs is 1. The smallest absolute Gasteiger partial charge is 0.353 e. The molecule has 3 rings (SSSR count). The molecule has 0 saturated heterocycles. The van der Waals surface area contributed by atoms with Gasteiger partial charge < -0.3 is 13.9 Å². The van der Waals surface area contributed by atoms with Crippen molar-refractivity contribution in [3.05, 3.63) is 69.8 Å². The average Bonchev–Trinajstić information content (AvgIpc) is 2.67. The van der Waals surface area contributed by atoms with E-state index in [4.69, 9.17) is 9.05 Å². The summed E-state index contributed by atoms with van der Waals surface area (Å²) in [6.45, 7) is 4.73. The Balaban J connectivity index is 2.09. The highest BCUT2D eigenvalue weighted by Crippen LogP contribution is 2.64. The van der Waals surface area contributed by atoms with Crippen molar-refractivity contribution < 1.29 is 18.5 Å². The lowest BCUT2D eigenvalue weighted by atomic mass is 9.99. The molecular formula is C19H23N2O5P. The summed E-state index contributed by atoms with van der Waals surface area (Å²) in [7, 11) is -3.49. The molecule has 27 heavy (non-hydrogen) atoms. The SMILES string of the molecule is CCOP(=O)(OCC)C1c2ccccc2CCN1c1ccc([N+](=O)[O-])cc1. The molecule has 1 atom stereocenters. The van der Waals surface area contributed by atoms with Gasteiger partial charge in [0.15, 0.2) is 5.78 Å². The van der Waals surface area contributed by atoms with E-state index in [0.29, 0.717) is 6.54 Å². The van der Waals surface area contributed by atoms with Crippen LogP contribution in [0.2, 0.25) is 0 Å². The highest BCUT2D eigenvalue weighted by atomic mass is 31.2. The molecule has 0 bridgehead atoms. The third-order valence-corrected chi connectivity index (χ3v) is 6.95. The predicted octanol–water partition coefficient (Wildman–Crippen LogP) is 4.92. The minimum absolute atomic E-state index is 0.0190. The maximum absolute atomic E-state index is 13.7. The fourth-order valence-electron chi connectivity index (χ4n) is 3.46. The quantitative estimate of drug-likeness (QED) is 0.379. The molecule has 0 N–H and O–H groups in total. The van der Waals surface area contributed by atoms with Crippen molar-refractivity contribution in [1.82, 2.24) is 0 Å². The van der Waals surface area contributed by atoms with Crippen LogP contribution in [0.3, 0.4) is 0 Å². The van der Waals surface area contributed by atoms with Crippen molar-refractivity contribution in [3.8, 4) is 0 Å². The second-order valence-corrected chi connectivity index (χ2v) is 8.25. The Labute approximate surface area is 158 Å². The van der Waals surface area contributed by atoms with Crippen molar-refractivity contribution in [2.75, 3.05) is 24.7 Å². The van der Waals surface area contributed by atoms with Gasteiger partial charge in [-0.25, -0.2) is 0 Å². The highest BCUT2D eigenvalue weighted by Gasteiger charge is 2.44. The monoisotopic (exact) mass is 390 g/mol. The van der Waals surface area contributed by atoms with Gasteiger partial charge in [-0.3, -0.25) is 14.7 Å². The van der Waals surface area contributed by atoms with Gasteiger partial charge in [-0.1, -0.05) is 24.3 Å². The third kappa shape index (κ3) is 3.90. The fourth-order valence-corrected chi connectivity index (χ4v) is 5.72. The van der Waals surface area contributed by atoms with Crippen molar-refractivity contribution >= 4 is 19.0 Å². The first kappa shape index (κ1) is 19.5. The number of nitrogens with zero attached hydrogens (tertiary/aromatic N) is 2. The molecule has 2 aromatic rings. The predicted molar refractivity (Wildman–Crippen MR) is 104 cm³/mol. The van der Waals surface area contributed by atoms with Crippen molar-refractivity contribution in [3.63, 3.8) is 0 Å². The molecule has 2 aromatic carbocycles. The van der Waals surface area contributed by atoms with Gasteiger partial charge in [-0.05, 0) is 43.5 Å². The van der Waals surface area contributed by atoms with Gasteiger partial charge in [-0.2, -0.15) is 0 Å². The lowest BCUT2D eigenvalue weighted by molar-refractivity contribution is -0.384. The molecule has 1 aliphatic heterocycles. The van der Waals surface area contributed by atoms with Crippen LogP contribution in [0.15, 0.2) is 48.5 Å². The van der Waals surface area contributed by atoms with E-state index in [1.165, 1.54) is 12.1 Å². The first-order valence-electron chi connectivity index (χ1n) is 8.98. The Bertz CT molecular complexity index is 845. The molecule has 1 aliphatic rings. The number of anilines is 1. The molecule has 0 saturated carbocycles. The molecule has 0 aliphatic carbocycles. The van der Waals surface area contributed by atoms with Gasteiger partial charge in [-0.15, -0.1) is 0 Å². The molecule has 7 nitrogen and oxygen atoms in total. The van der Waals surface area contributed by atoms with E-state index in [0.717, 1.165) is 23.2 Å². The molecule has 144 valence electrons. The third-order valence-electron chi connectivity index (χ3n) is 4.56. The zero-order valence-corrected chi connectivity index (χ0v) is 16.3. The zero-order valence-electron chi connectivity index (χ0n) is 15.4. The summed E-state index contributed by atoms with van der Waals surface area (Å²) in [5.74, 6) is -0.594. The number of hydrogen-bond acceptors (Lipinski definition) is 6. The van der Waals surface area contributed by atoms with E-state index in [-0.39, 0.29) is 18.9 Å². The summed E-state index contributed by atoms with van der Waals surface area (Å²) in [6.07, 6.45) is 0.780. The number of rotatable bonds is 7. The first-order valence-corrected chi connectivity index (χ1v) is 10.6. The molecule has 0 fully saturated rings. The average molecular weight is 390 g/mol. The molecule has 0 amide bonds. The van der Waals surface area contributed by atoms with Crippen LogP contribution in [0.25, 0.3) is 0 Å². The largest absolute Gasteiger partial charge is 0.357 e. The van der Waals surface area contributed by atoms with E-state index < -0.39 is 18.3 Å².